The molecule has 0 saturated carbocycles. The Labute approximate surface area is 254 Å². The number of anilines is 1. The van der Waals surface area contributed by atoms with Gasteiger partial charge in [0.25, 0.3) is 10.0 Å². The number of hydrogen-bond donors (Lipinski definition) is 1. The smallest absolute Gasteiger partial charge is 0.264 e. The number of carbonyl (C=O) groups is 2. The van der Waals surface area contributed by atoms with E-state index in [2.05, 4.69) is 5.32 Å². The second-order valence-electron chi connectivity index (χ2n) is 10.4. The van der Waals surface area contributed by atoms with Crippen LogP contribution in [0.15, 0.2) is 108 Å². The highest BCUT2D eigenvalue weighted by atomic mass is 32.2. The number of sulfonamides is 1. The molecule has 0 fully saturated rings. The Morgan fingerprint density at radius 1 is 0.814 bits per heavy atom. The van der Waals surface area contributed by atoms with Crippen LogP contribution in [0.25, 0.3) is 0 Å². The second kappa shape index (κ2) is 14.0. The Morgan fingerprint density at radius 3 is 2.07 bits per heavy atom. The highest BCUT2D eigenvalue weighted by Crippen LogP contribution is 2.27. The molecule has 9 heteroatoms. The molecule has 4 aromatic carbocycles. The molecule has 0 radical (unpaired) electrons. The van der Waals surface area contributed by atoms with E-state index in [1.807, 2.05) is 68.4 Å². The Hall–Kier alpha value is -4.63. The van der Waals surface area contributed by atoms with Gasteiger partial charge in [-0.3, -0.25) is 13.9 Å². The van der Waals surface area contributed by atoms with Crippen LogP contribution in [0.1, 0.15) is 22.3 Å². The molecule has 0 aliphatic rings. The highest BCUT2D eigenvalue weighted by Gasteiger charge is 2.34. The van der Waals surface area contributed by atoms with Crippen LogP contribution in [-0.4, -0.2) is 51.9 Å². The molecule has 0 aliphatic heterocycles. The van der Waals surface area contributed by atoms with Gasteiger partial charge in [0.2, 0.25) is 11.8 Å². The summed E-state index contributed by atoms with van der Waals surface area (Å²) in [6, 6.07) is 29.2. The number of nitrogens with zero attached hydrogens (tertiary/aromatic N) is 2. The maximum absolute atomic E-state index is 14.3. The van der Waals surface area contributed by atoms with Crippen molar-refractivity contribution in [1.82, 2.24) is 10.2 Å². The van der Waals surface area contributed by atoms with E-state index >= 15 is 0 Å². The van der Waals surface area contributed by atoms with Crippen molar-refractivity contribution in [3.8, 4) is 5.75 Å². The molecule has 4 aromatic rings. The van der Waals surface area contributed by atoms with Gasteiger partial charge in [0.15, 0.2) is 0 Å². The predicted molar refractivity (Wildman–Crippen MR) is 168 cm³/mol. The third-order valence-corrected chi connectivity index (χ3v) is 8.99. The summed E-state index contributed by atoms with van der Waals surface area (Å²) in [7, 11) is -1.11. The van der Waals surface area contributed by atoms with Gasteiger partial charge in [0.1, 0.15) is 18.3 Å². The van der Waals surface area contributed by atoms with Gasteiger partial charge in [-0.15, -0.1) is 0 Å². The van der Waals surface area contributed by atoms with Gasteiger partial charge in [-0.1, -0.05) is 77.9 Å². The molecule has 224 valence electrons. The Balaban J connectivity index is 1.79. The van der Waals surface area contributed by atoms with Crippen molar-refractivity contribution in [3.63, 3.8) is 0 Å². The molecule has 2 amide bonds. The summed E-state index contributed by atoms with van der Waals surface area (Å²) >= 11 is 0. The van der Waals surface area contributed by atoms with Crippen LogP contribution in [-0.2, 0) is 32.6 Å². The van der Waals surface area contributed by atoms with E-state index in [1.165, 1.54) is 31.2 Å². The monoisotopic (exact) mass is 599 g/mol. The van der Waals surface area contributed by atoms with Crippen molar-refractivity contribution in [2.24, 2.45) is 0 Å². The van der Waals surface area contributed by atoms with Gasteiger partial charge in [-0.25, -0.2) is 8.42 Å². The van der Waals surface area contributed by atoms with Gasteiger partial charge in [-0.05, 0) is 61.4 Å². The molecular formula is C34H37N3O5S. The molecule has 1 N–H and O–H groups in total. The largest absolute Gasteiger partial charge is 0.497 e. The number of carbonyl (C=O) groups excluding carboxylic acids is 2. The van der Waals surface area contributed by atoms with Gasteiger partial charge >= 0.3 is 0 Å². The fourth-order valence-corrected chi connectivity index (χ4v) is 6.26. The van der Waals surface area contributed by atoms with Crippen LogP contribution >= 0.6 is 0 Å². The molecule has 0 spiro atoms. The topological polar surface area (TPSA) is 96.0 Å². The van der Waals surface area contributed by atoms with E-state index in [9.17, 15) is 18.0 Å². The second-order valence-corrected chi connectivity index (χ2v) is 12.2. The zero-order chi connectivity index (χ0) is 31.0. The van der Waals surface area contributed by atoms with Crippen LogP contribution in [0.2, 0.25) is 0 Å². The summed E-state index contributed by atoms with van der Waals surface area (Å²) in [5.41, 5.74) is 3.91. The molecule has 43 heavy (non-hydrogen) atoms. The summed E-state index contributed by atoms with van der Waals surface area (Å²) < 4.78 is 34.5. The number of nitrogens with one attached hydrogen (secondary N) is 1. The number of hydrogen-bond acceptors (Lipinski definition) is 5. The standard InChI is InChI=1S/C34H37N3O5S/c1-25-13-19-31(20-14-25)43(40,41)37(29-15-17-30(42-4)18-16-29)24-33(38)36(23-28-12-8-9-26(2)21-28)32(34(39)35-3)22-27-10-6-5-7-11-27/h5-21,32H,22-24H2,1-4H3,(H,35,39). The maximum Gasteiger partial charge on any atom is 0.264 e. The van der Waals surface area contributed by atoms with Crippen molar-refractivity contribution in [3.05, 3.63) is 125 Å². The number of aryl methyl sites for hydroxylation is 2. The van der Waals surface area contributed by atoms with Gasteiger partial charge in [-0.2, -0.15) is 0 Å². The molecule has 1 unspecified atom stereocenters. The molecule has 0 bridgehead atoms. The third-order valence-electron chi connectivity index (χ3n) is 7.20. The molecule has 0 aliphatic carbocycles. The molecule has 0 heterocycles. The number of amides is 2. The van der Waals surface area contributed by atoms with Crippen LogP contribution in [0.5, 0.6) is 5.75 Å². The lowest BCUT2D eigenvalue weighted by Gasteiger charge is -2.33. The van der Waals surface area contributed by atoms with E-state index < -0.39 is 28.5 Å². The summed E-state index contributed by atoms with van der Waals surface area (Å²) in [5, 5.41) is 2.70. The highest BCUT2D eigenvalue weighted by molar-refractivity contribution is 7.92. The maximum atomic E-state index is 14.3. The lowest BCUT2D eigenvalue weighted by atomic mass is 10.0. The first kappa shape index (κ1) is 31.3. The van der Waals surface area contributed by atoms with Crippen molar-refractivity contribution in [2.45, 2.75) is 37.8 Å². The first-order valence-electron chi connectivity index (χ1n) is 14.0. The average Bonchev–Trinajstić information content (AvgIpc) is 3.02. The summed E-state index contributed by atoms with van der Waals surface area (Å²) in [5.74, 6) is -0.314. The minimum Gasteiger partial charge on any atom is -0.497 e. The zero-order valence-electron chi connectivity index (χ0n) is 24.9. The van der Waals surface area contributed by atoms with E-state index in [0.717, 1.165) is 26.6 Å². The van der Waals surface area contributed by atoms with E-state index in [-0.39, 0.29) is 23.8 Å². The minimum atomic E-state index is -4.16. The number of ether oxygens (including phenoxy) is 1. The van der Waals surface area contributed by atoms with Gasteiger partial charge < -0.3 is 15.0 Å². The first-order valence-corrected chi connectivity index (χ1v) is 15.4. The molecular weight excluding hydrogens is 562 g/mol. The normalized spacial score (nSPS) is 11.8. The van der Waals surface area contributed by atoms with E-state index in [0.29, 0.717) is 11.4 Å². The van der Waals surface area contributed by atoms with Crippen LogP contribution in [0.4, 0.5) is 5.69 Å². The Kier molecular flexibility index (Phi) is 10.2. The molecule has 4 rings (SSSR count). The fraction of sp³-hybridized carbons (Fsp3) is 0.235. The van der Waals surface area contributed by atoms with Gasteiger partial charge in [0, 0.05) is 20.0 Å². The molecule has 0 aromatic heterocycles. The Morgan fingerprint density at radius 2 is 1.47 bits per heavy atom. The first-order chi connectivity index (χ1) is 20.6. The van der Waals surface area contributed by atoms with E-state index in [1.54, 1.807) is 36.4 Å². The summed E-state index contributed by atoms with van der Waals surface area (Å²) in [6.07, 6.45) is 0.255. The average molecular weight is 600 g/mol. The number of rotatable bonds is 12. The van der Waals surface area contributed by atoms with Crippen LogP contribution in [0.3, 0.4) is 0 Å². The Bertz CT molecular complexity index is 1640. The predicted octanol–water partition coefficient (Wildman–Crippen LogP) is 4.89. The minimum absolute atomic E-state index is 0.0547. The molecule has 0 saturated heterocycles. The molecule has 1 atom stereocenters. The molecule has 8 nitrogen and oxygen atoms in total. The zero-order valence-corrected chi connectivity index (χ0v) is 25.7. The number of methoxy groups -OCH3 is 1. The van der Waals surface area contributed by atoms with Crippen LogP contribution < -0.4 is 14.4 Å². The number of likely N-dealkylation sites (N-methyl/N-ethyl adjacent to an activating group) is 1. The van der Waals surface area contributed by atoms with E-state index in [4.69, 9.17) is 4.74 Å². The number of benzene rings is 4. The SMILES string of the molecule is CNC(=O)C(Cc1ccccc1)N(Cc1cccc(C)c1)C(=O)CN(c1ccc(OC)cc1)S(=O)(=O)c1ccc(C)cc1. The lowest BCUT2D eigenvalue weighted by Crippen LogP contribution is -2.53. The van der Waals surface area contributed by atoms with Crippen molar-refractivity contribution >= 4 is 27.5 Å². The summed E-state index contributed by atoms with van der Waals surface area (Å²) in [6.45, 7) is 3.43. The quantitative estimate of drug-likeness (QED) is 0.250. The fourth-order valence-electron chi connectivity index (χ4n) is 4.84. The van der Waals surface area contributed by atoms with Crippen molar-refractivity contribution in [2.75, 3.05) is 25.0 Å². The van der Waals surface area contributed by atoms with Crippen molar-refractivity contribution < 1.29 is 22.7 Å². The van der Waals surface area contributed by atoms with Gasteiger partial charge in [0.05, 0.1) is 17.7 Å². The summed E-state index contributed by atoms with van der Waals surface area (Å²) in [4.78, 5) is 29.2. The lowest BCUT2D eigenvalue weighted by molar-refractivity contribution is -0.139. The van der Waals surface area contributed by atoms with Crippen LogP contribution in [0, 0.1) is 13.8 Å². The van der Waals surface area contributed by atoms with Crippen molar-refractivity contribution in [1.29, 1.82) is 0 Å². The third kappa shape index (κ3) is 7.81.